The summed E-state index contributed by atoms with van der Waals surface area (Å²) >= 11 is 0. The molecule has 1 aliphatic heterocycles. The maximum absolute atomic E-state index is 15.5. The third-order valence-corrected chi connectivity index (χ3v) is 8.17. The third kappa shape index (κ3) is 4.85. The minimum absolute atomic E-state index is 0.0508. The molecule has 0 aliphatic carbocycles. The van der Waals surface area contributed by atoms with Crippen molar-refractivity contribution in [2.24, 2.45) is 0 Å². The molecule has 4 nitrogen and oxygen atoms in total. The summed E-state index contributed by atoms with van der Waals surface area (Å²) in [5, 5.41) is 0. The molecular formula is C37H20F6N4. The van der Waals surface area contributed by atoms with Gasteiger partial charge in [-0.1, -0.05) is 0 Å². The number of nitrogens with zero attached hydrogens (tertiary/aromatic N) is 1. The van der Waals surface area contributed by atoms with E-state index >= 15 is 13.2 Å². The molecule has 230 valence electrons. The van der Waals surface area contributed by atoms with E-state index in [2.05, 4.69) is 15.0 Å². The van der Waals surface area contributed by atoms with Crippen LogP contribution in [-0.2, 0) is 0 Å². The van der Waals surface area contributed by atoms with Crippen LogP contribution in [0, 0.1) is 34.9 Å². The lowest BCUT2D eigenvalue weighted by atomic mass is 10.0. The molecule has 4 aromatic heterocycles. The summed E-state index contributed by atoms with van der Waals surface area (Å²) in [4.78, 5) is 14.4. The lowest BCUT2D eigenvalue weighted by Crippen LogP contribution is -1.91. The maximum Gasteiger partial charge on any atom is 0.131 e. The summed E-state index contributed by atoms with van der Waals surface area (Å²) in [5.41, 5.74) is 3.39. The molecule has 0 saturated heterocycles. The summed E-state index contributed by atoms with van der Waals surface area (Å²) in [7, 11) is 0. The number of benzene rings is 3. The number of hydrogen-bond donors (Lipinski definition) is 3. The number of halogens is 6. The minimum Gasteiger partial charge on any atom is -0.354 e. The van der Waals surface area contributed by atoms with Gasteiger partial charge in [-0.2, -0.15) is 0 Å². The van der Waals surface area contributed by atoms with Crippen molar-refractivity contribution >= 4 is 45.3 Å². The molecule has 10 heteroatoms. The molecule has 3 N–H and O–H groups in total. The fraction of sp³-hybridized carbons (Fsp3) is 0. The Kier molecular flexibility index (Phi) is 6.54. The van der Waals surface area contributed by atoms with E-state index in [9.17, 15) is 13.2 Å². The third-order valence-electron chi connectivity index (χ3n) is 8.17. The Morgan fingerprint density at radius 2 is 0.702 bits per heavy atom. The predicted octanol–water partition coefficient (Wildman–Crippen LogP) is 10.5. The van der Waals surface area contributed by atoms with Crippen molar-refractivity contribution < 1.29 is 26.3 Å². The molecule has 1 aliphatic rings. The molecule has 7 aromatic rings. The summed E-state index contributed by atoms with van der Waals surface area (Å²) in [5.74, 6) is -4.15. The quantitative estimate of drug-likeness (QED) is 0.166. The van der Waals surface area contributed by atoms with Crippen LogP contribution < -0.4 is 0 Å². The van der Waals surface area contributed by atoms with E-state index in [0.29, 0.717) is 44.5 Å². The van der Waals surface area contributed by atoms with E-state index in [0.717, 1.165) is 54.6 Å². The van der Waals surface area contributed by atoms with Crippen molar-refractivity contribution in [2.75, 3.05) is 0 Å². The molecule has 3 aromatic carbocycles. The number of hydrogen-bond acceptors (Lipinski definition) is 1. The average molecular weight is 635 g/mol. The van der Waals surface area contributed by atoms with E-state index in [4.69, 9.17) is 4.98 Å². The summed E-state index contributed by atoms with van der Waals surface area (Å²) in [6, 6.07) is 19.1. The van der Waals surface area contributed by atoms with Gasteiger partial charge in [0, 0.05) is 61.0 Å². The van der Waals surface area contributed by atoms with Crippen molar-refractivity contribution in [3.8, 4) is 33.4 Å². The molecule has 8 rings (SSSR count). The fourth-order valence-electron chi connectivity index (χ4n) is 6.07. The standard InChI is InChI=1S/C37H20F6N4/c38-18-1-4-24(41)21(15-18)35-29-9-7-27(44-29)28-8-10-30(45-28)36(22-16-19(39)2-5-25(22)42)32-12-14-34(47-32)37(33-13-11-31(35)46-33)23-17-20(40)3-6-26(23)43/h1-17,44,46-47H. The Bertz CT molecular complexity index is 2560. The van der Waals surface area contributed by atoms with Gasteiger partial charge >= 0.3 is 0 Å². The van der Waals surface area contributed by atoms with Crippen molar-refractivity contribution in [2.45, 2.75) is 0 Å². The zero-order valence-corrected chi connectivity index (χ0v) is 24.0. The highest BCUT2D eigenvalue weighted by Crippen LogP contribution is 2.38. The minimum atomic E-state index is -0.733. The van der Waals surface area contributed by atoms with E-state index in [1.807, 2.05) is 0 Å². The zero-order chi connectivity index (χ0) is 32.4. The molecule has 47 heavy (non-hydrogen) atoms. The van der Waals surface area contributed by atoms with Crippen LogP contribution in [0.5, 0.6) is 0 Å². The second-order valence-electron chi connectivity index (χ2n) is 11.1. The van der Waals surface area contributed by atoms with Crippen molar-refractivity contribution in [3.05, 3.63) is 137 Å². The van der Waals surface area contributed by atoms with Crippen molar-refractivity contribution in [1.29, 1.82) is 0 Å². The number of rotatable bonds is 3. The first kappa shape index (κ1) is 28.4. The first-order valence-electron chi connectivity index (χ1n) is 14.4. The number of aromatic nitrogens is 4. The summed E-state index contributed by atoms with van der Waals surface area (Å²) in [6.07, 6.45) is 3.33. The van der Waals surface area contributed by atoms with Gasteiger partial charge in [-0.05, 0) is 103 Å². The summed E-state index contributed by atoms with van der Waals surface area (Å²) in [6.45, 7) is 0. The van der Waals surface area contributed by atoms with Gasteiger partial charge in [-0.3, -0.25) is 0 Å². The largest absolute Gasteiger partial charge is 0.354 e. The smallest absolute Gasteiger partial charge is 0.131 e. The van der Waals surface area contributed by atoms with Crippen LogP contribution >= 0.6 is 0 Å². The highest BCUT2D eigenvalue weighted by Gasteiger charge is 2.19. The molecule has 0 spiro atoms. The lowest BCUT2D eigenvalue weighted by molar-refractivity contribution is 0.603. The molecule has 0 saturated carbocycles. The van der Waals surface area contributed by atoms with Crippen LogP contribution in [0.2, 0.25) is 0 Å². The molecule has 0 fully saturated rings. The predicted molar refractivity (Wildman–Crippen MR) is 171 cm³/mol. The maximum atomic E-state index is 15.5. The van der Waals surface area contributed by atoms with Gasteiger partial charge in [0.1, 0.15) is 34.9 Å². The second kappa shape index (κ2) is 10.8. The molecule has 0 amide bonds. The molecule has 0 unspecified atom stereocenters. The van der Waals surface area contributed by atoms with Crippen LogP contribution in [0.3, 0.4) is 0 Å². The zero-order valence-electron chi connectivity index (χ0n) is 24.0. The first-order valence-corrected chi connectivity index (χ1v) is 14.4. The van der Waals surface area contributed by atoms with Crippen molar-refractivity contribution in [3.63, 3.8) is 0 Å². The van der Waals surface area contributed by atoms with Gasteiger partial charge in [0.25, 0.3) is 0 Å². The fourth-order valence-corrected chi connectivity index (χ4v) is 6.07. The van der Waals surface area contributed by atoms with Crippen LogP contribution in [-0.4, -0.2) is 19.9 Å². The molecule has 0 atom stereocenters. The van der Waals surface area contributed by atoms with Crippen LogP contribution in [0.25, 0.3) is 78.6 Å². The van der Waals surface area contributed by atoms with Gasteiger partial charge in [0.2, 0.25) is 0 Å². The second-order valence-corrected chi connectivity index (χ2v) is 11.1. The van der Waals surface area contributed by atoms with Crippen LogP contribution in [0.4, 0.5) is 26.3 Å². The highest BCUT2D eigenvalue weighted by molar-refractivity contribution is 6.00. The number of nitrogens with one attached hydrogen (secondary N) is 3. The molecular weight excluding hydrogens is 614 g/mol. The van der Waals surface area contributed by atoms with Gasteiger partial charge in [-0.15, -0.1) is 0 Å². The first-order chi connectivity index (χ1) is 22.7. The molecule has 8 bridgehead atoms. The van der Waals surface area contributed by atoms with Gasteiger partial charge in [0.05, 0.1) is 16.9 Å². The number of fused-ring (bicyclic) bond motifs is 9. The van der Waals surface area contributed by atoms with Gasteiger partial charge < -0.3 is 15.0 Å². The SMILES string of the molecule is Fc1ccc(F)c(-c2c3nc(c4ccc([nH]4)c(-c4cc(F)ccc4F)c4ccc([nH]4)c(-c4cc(F)ccc4F)c4ccc2[nH]4)C=C3)c1. The monoisotopic (exact) mass is 634 g/mol. The lowest BCUT2D eigenvalue weighted by Gasteiger charge is -2.07. The topological polar surface area (TPSA) is 60.3 Å². The van der Waals surface area contributed by atoms with E-state index < -0.39 is 34.9 Å². The average Bonchev–Trinajstić information content (AvgIpc) is 3.87. The Morgan fingerprint density at radius 1 is 0.362 bits per heavy atom. The van der Waals surface area contributed by atoms with E-state index in [1.165, 1.54) is 0 Å². The summed E-state index contributed by atoms with van der Waals surface area (Å²) < 4.78 is 89.8. The highest BCUT2D eigenvalue weighted by atomic mass is 19.1. The Morgan fingerprint density at radius 3 is 1.15 bits per heavy atom. The molecule has 5 heterocycles. The Balaban J connectivity index is 1.60. The number of aromatic amines is 3. The molecule has 0 radical (unpaired) electrons. The van der Waals surface area contributed by atoms with E-state index in [-0.39, 0.29) is 33.4 Å². The Hall–Kier alpha value is -6.03. The van der Waals surface area contributed by atoms with Crippen LogP contribution in [0.15, 0.2) is 91.0 Å². The number of H-pyrrole nitrogens is 3. The Labute approximate surface area is 262 Å². The van der Waals surface area contributed by atoms with Gasteiger partial charge in [-0.25, -0.2) is 31.3 Å². The van der Waals surface area contributed by atoms with Gasteiger partial charge in [0.15, 0.2) is 0 Å². The van der Waals surface area contributed by atoms with Crippen LogP contribution in [0.1, 0.15) is 11.4 Å². The van der Waals surface area contributed by atoms with Crippen molar-refractivity contribution in [1.82, 2.24) is 19.9 Å². The normalized spacial score (nSPS) is 12.0. The van der Waals surface area contributed by atoms with E-state index in [1.54, 1.807) is 48.6 Å².